The third-order valence-corrected chi connectivity index (χ3v) is 3.42. The first kappa shape index (κ1) is 11.6. The van der Waals surface area contributed by atoms with Crippen molar-refractivity contribution in [3.63, 3.8) is 0 Å². The van der Waals surface area contributed by atoms with Crippen LogP contribution in [0.5, 0.6) is 0 Å². The van der Waals surface area contributed by atoms with E-state index in [1.807, 2.05) is 0 Å². The lowest BCUT2D eigenvalue weighted by atomic mass is 9.84. The van der Waals surface area contributed by atoms with Crippen LogP contribution < -0.4 is 0 Å². The Labute approximate surface area is 103 Å². The van der Waals surface area contributed by atoms with Gasteiger partial charge in [-0.1, -0.05) is 43.2 Å². The van der Waals surface area contributed by atoms with Gasteiger partial charge >= 0.3 is 0 Å². The molecule has 2 rings (SSSR count). The molecule has 16 heavy (non-hydrogen) atoms. The van der Waals surface area contributed by atoms with Crippen molar-refractivity contribution in [2.45, 2.75) is 38.0 Å². The molecule has 1 aromatic rings. The third kappa shape index (κ3) is 3.03. The monoisotopic (exact) mass is 232 g/mol. The average Bonchev–Trinajstić information content (AvgIpc) is 2.38. The number of hydrogen-bond acceptors (Lipinski definition) is 0. The molecule has 0 saturated heterocycles. The Bertz CT molecular complexity index is 374. The van der Waals surface area contributed by atoms with Crippen LogP contribution in [-0.2, 0) is 0 Å². The zero-order valence-corrected chi connectivity index (χ0v) is 10.3. The van der Waals surface area contributed by atoms with Gasteiger partial charge in [-0.15, -0.1) is 11.6 Å². The van der Waals surface area contributed by atoms with E-state index in [0.29, 0.717) is 5.88 Å². The fourth-order valence-electron chi connectivity index (χ4n) is 2.41. The van der Waals surface area contributed by atoms with E-state index < -0.39 is 0 Å². The molecule has 0 amide bonds. The number of hydrogen-bond donors (Lipinski definition) is 0. The second-order valence-electron chi connectivity index (χ2n) is 4.39. The molecule has 0 nitrogen and oxygen atoms in total. The molecule has 1 aromatic carbocycles. The molecule has 1 aliphatic carbocycles. The van der Waals surface area contributed by atoms with Gasteiger partial charge in [0.1, 0.15) is 0 Å². The van der Waals surface area contributed by atoms with E-state index in [1.54, 1.807) is 0 Å². The number of benzene rings is 1. The molecular formula is C15H17Cl. The molecular weight excluding hydrogens is 216 g/mol. The first-order valence-electron chi connectivity index (χ1n) is 6.05. The second kappa shape index (κ2) is 5.97. The molecule has 1 saturated carbocycles. The lowest BCUT2D eigenvalue weighted by molar-refractivity contribution is 0.443. The number of halogens is 1. The molecule has 0 N–H and O–H groups in total. The van der Waals surface area contributed by atoms with Gasteiger partial charge in [-0.3, -0.25) is 0 Å². The van der Waals surface area contributed by atoms with Gasteiger partial charge in [0.25, 0.3) is 0 Å². The van der Waals surface area contributed by atoms with Gasteiger partial charge in [-0.05, 0) is 36.5 Å². The highest BCUT2D eigenvalue weighted by Crippen LogP contribution is 2.32. The largest absolute Gasteiger partial charge is 0.113 e. The summed E-state index contributed by atoms with van der Waals surface area (Å²) in [5, 5.41) is 0. The van der Waals surface area contributed by atoms with Gasteiger partial charge in [0.2, 0.25) is 0 Å². The van der Waals surface area contributed by atoms with Crippen molar-refractivity contribution in [1.29, 1.82) is 0 Å². The van der Waals surface area contributed by atoms with Crippen molar-refractivity contribution in [2.75, 3.05) is 5.88 Å². The van der Waals surface area contributed by atoms with Crippen LogP contribution >= 0.6 is 11.6 Å². The summed E-state index contributed by atoms with van der Waals surface area (Å²) in [6.07, 6.45) is 6.89. The zero-order valence-electron chi connectivity index (χ0n) is 9.51. The average molecular weight is 233 g/mol. The van der Waals surface area contributed by atoms with Crippen LogP contribution in [0.3, 0.4) is 0 Å². The van der Waals surface area contributed by atoms with Gasteiger partial charge < -0.3 is 0 Å². The Kier molecular flexibility index (Phi) is 4.31. The highest BCUT2D eigenvalue weighted by molar-refractivity contribution is 6.19. The van der Waals surface area contributed by atoms with Crippen LogP contribution in [-0.4, -0.2) is 5.88 Å². The maximum atomic E-state index is 5.53. The number of rotatable bonds is 1. The van der Waals surface area contributed by atoms with Gasteiger partial charge in [0.15, 0.2) is 0 Å². The Balaban J connectivity index is 2.06. The predicted octanol–water partition coefficient (Wildman–Crippen LogP) is 4.32. The molecule has 84 valence electrons. The summed E-state index contributed by atoms with van der Waals surface area (Å²) in [5.41, 5.74) is 2.55. The minimum absolute atomic E-state index is 0.407. The van der Waals surface area contributed by atoms with Crippen molar-refractivity contribution >= 4 is 11.6 Å². The van der Waals surface area contributed by atoms with E-state index in [9.17, 15) is 0 Å². The summed E-state index contributed by atoms with van der Waals surface area (Å²) in [6.45, 7) is 0. The van der Waals surface area contributed by atoms with Crippen LogP contribution in [0.2, 0.25) is 0 Å². The number of alkyl halides is 1. The van der Waals surface area contributed by atoms with E-state index in [-0.39, 0.29) is 0 Å². The molecule has 0 aliphatic heterocycles. The fourth-order valence-corrected chi connectivity index (χ4v) is 2.48. The smallest absolute Gasteiger partial charge is 0.0839 e. The van der Waals surface area contributed by atoms with Crippen molar-refractivity contribution in [3.8, 4) is 11.8 Å². The summed E-state index contributed by atoms with van der Waals surface area (Å²) in [7, 11) is 0. The minimum Gasteiger partial charge on any atom is -0.113 e. The molecule has 1 heteroatoms. The summed E-state index contributed by atoms with van der Waals surface area (Å²) >= 11 is 5.53. The highest BCUT2D eigenvalue weighted by Gasteiger charge is 2.14. The van der Waals surface area contributed by atoms with E-state index in [4.69, 9.17) is 11.6 Å². The van der Waals surface area contributed by atoms with Crippen LogP contribution in [0.25, 0.3) is 0 Å². The first-order valence-corrected chi connectivity index (χ1v) is 6.58. The summed E-state index contributed by atoms with van der Waals surface area (Å²) in [4.78, 5) is 0. The minimum atomic E-state index is 0.407. The Morgan fingerprint density at radius 2 is 1.75 bits per heavy atom. The van der Waals surface area contributed by atoms with E-state index in [2.05, 4.69) is 36.1 Å². The molecule has 1 fully saturated rings. The topological polar surface area (TPSA) is 0 Å². The summed E-state index contributed by atoms with van der Waals surface area (Å²) in [5.74, 6) is 7.11. The molecule has 0 heterocycles. The third-order valence-electron chi connectivity index (χ3n) is 3.29. The van der Waals surface area contributed by atoms with Gasteiger partial charge in [0, 0.05) is 5.56 Å². The fraction of sp³-hybridized carbons (Fsp3) is 0.467. The molecule has 0 spiro atoms. The van der Waals surface area contributed by atoms with E-state index in [0.717, 1.165) is 11.5 Å². The lowest BCUT2D eigenvalue weighted by Crippen LogP contribution is -2.04. The van der Waals surface area contributed by atoms with Crippen molar-refractivity contribution in [3.05, 3.63) is 35.4 Å². The Morgan fingerprint density at radius 3 is 2.38 bits per heavy atom. The van der Waals surface area contributed by atoms with E-state index >= 15 is 0 Å². The highest BCUT2D eigenvalue weighted by atomic mass is 35.5. The Morgan fingerprint density at radius 1 is 1.06 bits per heavy atom. The van der Waals surface area contributed by atoms with Crippen molar-refractivity contribution < 1.29 is 0 Å². The molecule has 0 radical (unpaired) electrons. The van der Waals surface area contributed by atoms with Crippen LogP contribution in [0.15, 0.2) is 24.3 Å². The van der Waals surface area contributed by atoms with Crippen molar-refractivity contribution in [2.24, 2.45) is 0 Å². The normalized spacial score (nSPS) is 16.6. The molecule has 0 unspecified atom stereocenters. The Hall–Kier alpha value is -0.930. The van der Waals surface area contributed by atoms with E-state index in [1.165, 1.54) is 37.7 Å². The zero-order chi connectivity index (χ0) is 11.2. The maximum Gasteiger partial charge on any atom is 0.0839 e. The first-order chi connectivity index (χ1) is 7.90. The predicted molar refractivity (Wildman–Crippen MR) is 69.9 cm³/mol. The van der Waals surface area contributed by atoms with Crippen molar-refractivity contribution in [1.82, 2.24) is 0 Å². The van der Waals surface area contributed by atoms with Gasteiger partial charge in [-0.25, -0.2) is 0 Å². The quantitative estimate of drug-likeness (QED) is 0.500. The standard InChI is InChI=1S/C15H17Cl/c16-12-4-5-13-8-10-15(11-9-13)14-6-2-1-3-7-14/h8-11,14H,1-3,6-7,12H2. The molecule has 1 aliphatic rings. The second-order valence-corrected chi connectivity index (χ2v) is 4.66. The molecule has 0 atom stereocenters. The van der Waals surface area contributed by atoms with Crippen LogP contribution in [0.1, 0.15) is 49.1 Å². The molecule has 0 aromatic heterocycles. The lowest BCUT2D eigenvalue weighted by Gasteiger charge is -2.21. The van der Waals surface area contributed by atoms with Crippen LogP contribution in [0.4, 0.5) is 0 Å². The van der Waals surface area contributed by atoms with Gasteiger partial charge in [-0.2, -0.15) is 0 Å². The van der Waals surface area contributed by atoms with Gasteiger partial charge in [0.05, 0.1) is 5.88 Å². The SMILES string of the molecule is ClCC#Cc1ccc(C2CCCCC2)cc1. The maximum absolute atomic E-state index is 5.53. The summed E-state index contributed by atoms with van der Waals surface area (Å²) in [6, 6.07) is 8.69. The summed E-state index contributed by atoms with van der Waals surface area (Å²) < 4.78 is 0. The molecule has 0 bridgehead atoms. The van der Waals surface area contributed by atoms with Crippen LogP contribution in [0, 0.1) is 11.8 Å².